The maximum Gasteiger partial charge on any atom is 0.301 e. The zero-order valence-corrected chi connectivity index (χ0v) is 19.6. The van der Waals surface area contributed by atoms with Gasteiger partial charge >= 0.3 is 5.91 Å². The van der Waals surface area contributed by atoms with E-state index >= 15 is 0 Å². The van der Waals surface area contributed by atoms with Crippen LogP contribution in [-0.2, 0) is 16.0 Å². The highest BCUT2D eigenvalue weighted by Crippen LogP contribution is 2.45. The number of thiazole rings is 1. The molecule has 2 aliphatic heterocycles. The number of benzene rings is 3. The first-order valence-electron chi connectivity index (χ1n) is 10.8. The number of hydrogen-bond acceptors (Lipinski definition) is 7. The van der Waals surface area contributed by atoms with Crippen molar-refractivity contribution in [1.82, 2.24) is 4.98 Å². The lowest BCUT2D eigenvalue weighted by Crippen LogP contribution is -2.29. The largest absolute Gasteiger partial charge is 0.508 e. The smallest absolute Gasteiger partial charge is 0.301 e. The molecule has 3 aromatic carbocycles. The summed E-state index contributed by atoms with van der Waals surface area (Å²) in [6, 6.07) is 15.6. The van der Waals surface area contributed by atoms with Crippen LogP contribution in [0, 0.1) is 0 Å². The van der Waals surface area contributed by atoms with Gasteiger partial charge in [-0.3, -0.25) is 14.5 Å². The molecule has 0 bridgehead atoms. The van der Waals surface area contributed by atoms with Gasteiger partial charge in [-0.15, -0.1) is 0 Å². The fourth-order valence-corrected chi connectivity index (χ4v) is 5.75. The predicted molar refractivity (Wildman–Crippen MR) is 133 cm³/mol. The molecule has 9 heteroatoms. The van der Waals surface area contributed by atoms with Crippen LogP contribution in [0.5, 0.6) is 11.5 Å². The summed E-state index contributed by atoms with van der Waals surface area (Å²) in [5.74, 6) is -1.10. The Balaban J connectivity index is 1.55. The second kappa shape index (κ2) is 8.11. The van der Waals surface area contributed by atoms with Crippen molar-refractivity contribution in [3.63, 3.8) is 0 Å². The zero-order chi connectivity index (χ0) is 24.3. The molecule has 1 aromatic heterocycles. The maximum absolute atomic E-state index is 13.3. The SMILES string of the molecule is O=C1C(=O)N(c2nc3ccc(Cl)cc3s2)C(c2ccc(O)cc2)/C1=C(\O)c1ccc2c(c1)CCO2. The molecule has 0 saturated carbocycles. The number of ether oxygens (including phenoxy) is 1. The van der Waals surface area contributed by atoms with E-state index in [0.29, 0.717) is 39.8 Å². The molecule has 7 nitrogen and oxygen atoms in total. The highest BCUT2D eigenvalue weighted by molar-refractivity contribution is 7.22. The van der Waals surface area contributed by atoms with Crippen LogP contribution in [0.3, 0.4) is 0 Å². The Kier molecular flexibility index (Phi) is 5.01. The lowest BCUT2D eigenvalue weighted by molar-refractivity contribution is -0.132. The molecule has 0 spiro atoms. The molecule has 2 aliphatic rings. The van der Waals surface area contributed by atoms with Crippen molar-refractivity contribution in [1.29, 1.82) is 0 Å². The number of carbonyl (C=O) groups excluding carboxylic acids is 2. The number of Topliss-reactive ketones (excluding diaryl/α,β-unsaturated/α-hetero) is 1. The number of phenolic OH excluding ortho intramolecular Hbond substituents is 1. The number of carbonyl (C=O) groups is 2. The Bertz CT molecular complexity index is 1560. The first-order valence-corrected chi connectivity index (χ1v) is 12.0. The summed E-state index contributed by atoms with van der Waals surface area (Å²) in [6.07, 6.45) is 0.695. The average Bonchev–Trinajstić information content (AvgIpc) is 3.55. The van der Waals surface area contributed by atoms with Crippen molar-refractivity contribution < 1.29 is 24.5 Å². The number of hydrogen-bond donors (Lipinski definition) is 2. The van der Waals surface area contributed by atoms with Gasteiger partial charge in [0, 0.05) is 17.0 Å². The number of halogens is 1. The highest BCUT2D eigenvalue weighted by Gasteiger charge is 2.48. The molecule has 1 saturated heterocycles. The van der Waals surface area contributed by atoms with Crippen LogP contribution in [0.4, 0.5) is 5.13 Å². The van der Waals surface area contributed by atoms with E-state index in [1.54, 1.807) is 48.5 Å². The fraction of sp³-hybridized carbons (Fsp3) is 0.115. The van der Waals surface area contributed by atoms with Crippen LogP contribution in [-0.4, -0.2) is 33.5 Å². The summed E-state index contributed by atoms with van der Waals surface area (Å²) in [6.45, 7) is 0.555. The minimum absolute atomic E-state index is 0.0407. The minimum Gasteiger partial charge on any atom is -0.508 e. The molecule has 174 valence electrons. The number of phenols is 1. The Morgan fingerprint density at radius 1 is 1.09 bits per heavy atom. The van der Waals surface area contributed by atoms with Crippen LogP contribution < -0.4 is 9.64 Å². The molecule has 35 heavy (non-hydrogen) atoms. The van der Waals surface area contributed by atoms with E-state index in [1.807, 2.05) is 0 Å². The van der Waals surface area contributed by atoms with Crippen LogP contribution in [0.25, 0.3) is 16.0 Å². The average molecular weight is 505 g/mol. The number of aromatic hydroxyl groups is 1. The summed E-state index contributed by atoms with van der Waals surface area (Å²) < 4.78 is 6.31. The van der Waals surface area contributed by atoms with Gasteiger partial charge in [-0.2, -0.15) is 0 Å². The molecule has 2 N–H and O–H groups in total. The number of fused-ring (bicyclic) bond motifs is 2. The van der Waals surface area contributed by atoms with Gasteiger partial charge in [0.2, 0.25) is 0 Å². The van der Waals surface area contributed by atoms with Crippen molar-refractivity contribution in [2.75, 3.05) is 11.5 Å². The molecule has 1 fully saturated rings. The predicted octanol–water partition coefficient (Wildman–Crippen LogP) is 5.22. The molecule has 4 aromatic rings. The zero-order valence-electron chi connectivity index (χ0n) is 18.1. The van der Waals surface area contributed by atoms with Gasteiger partial charge in [-0.1, -0.05) is 35.1 Å². The van der Waals surface area contributed by atoms with E-state index in [9.17, 15) is 19.8 Å². The van der Waals surface area contributed by atoms with Crippen molar-refractivity contribution in [3.05, 3.63) is 87.9 Å². The molecule has 1 atom stereocenters. The van der Waals surface area contributed by atoms with Gasteiger partial charge < -0.3 is 14.9 Å². The normalized spacial score (nSPS) is 18.8. The third kappa shape index (κ3) is 3.53. The Morgan fingerprint density at radius 2 is 1.89 bits per heavy atom. The number of aromatic nitrogens is 1. The van der Waals surface area contributed by atoms with Crippen LogP contribution in [0.1, 0.15) is 22.7 Å². The summed E-state index contributed by atoms with van der Waals surface area (Å²) in [5, 5.41) is 22.0. The van der Waals surface area contributed by atoms with Crippen molar-refractivity contribution in [3.8, 4) is 11.5 Å². The number of rotatable bonds is 3. The first-order chi connectivity index (χ1) is 16.9. The number of anilines is 1. The van der Waals surface area contributed by atoms with Crippen molar-refractivity contribution >= 4 is 55.7 Å². The molecule has 1 amide bonds. The Labute approximate surface area is 208 Å². The molecular formula is C26H17ClN2O5S. The van der Waals surface area contributed by atoms with Crippen LogP contribution in [0.2, 0.25) is 5.02 Å². The molecule has 6 rings (SSSR count). The molecule has 0 radical (unpaired) electrons. The van der Waals surface area contributed by atoms with E-state index in [1.165, 1.54) is 28.4 Å². The molecular weight excluding hydrogens is 488 g/mol. The fourth-order valence-electron chi connectivity index (χ4n) is 4.48. The third-order valence-electron chi connectivity index (χ3n) is 6.16. The molecule has 0 aliphatic carbocycles. The topological polar surface area (TPSA) is 100.0 Å². The molecule has 3 heterocycles. The van der Waals surface area contributed by atoms with E-state index in [2.05, 4.69) is 4.98 Å². The summed E-state index contributed by atoms with van der Waals surface area (Å²) in [5.41, 5.74) is 2.49. The maximum atomic E-state index is 13.3. The van der Waals surface area contributed by atoms with Gasteiger partial charge in [0.05, 0.1) is 28.4 Å². The Hall–Kier alpha value is -3.88. The molecule has 1 unspecified atom stereocenters. The monoisotopic (exact) mass is 504 g/mol. The van der Waals surface area contributed by atoms with E-state index < -0.39 is 17.7 Å². The van der Waals surface area contributed by atoms with E-state index in [4.69, 9.17) is 16.3 Å². The minimum atomic E-state index is -0.934. The van der Waals surface area contributed by atoms with Gasteiger partial charge in [0.15, 0.2) is 5.13 Å². The third-order valence-corrected chi connectivity index (χ3v) is 7.41. The van der Waals surface area contributed by atoms with Gasteiger partial charge in [-0.25, -0.2) is 4.98 Å². The second-order valence-corrected chi connectivity index (χ2v) is 9.74. The van der Waals surface area contributed by atoms with Gasteiger partial charge in [-0.05, 0) is 59.7 Å². The standard InChI is InChI=1S/C26H17ClN2O5S/c27-16-4-7-18-20(12-16)35-26(28-18)29-22(13-1-5-17(30)6-2-13)21(24(32)25(29)33)23(31)15-3-8-19-14(11-15)9-10-34-19/h1-8,11-12,22,30-31H,9-10H2/b23-21+. The number of amides is 1. The number of aliphatic hydroxyl groups excluding tert-OH is 1. The summed E-state index contributed by atoms with van der Waals surface area (Å²) >= 11 is 7.35. The van der Waals surface area contributed by atoms with Crippen LogP contribution >= 0.6 is 22.9 Å². The van der Waals surface area contributed by atoms with E-state index in [-0.39, 0.29) is 17.1 Å². The lowest BCUT2D eigenvalue weighted by atomic mass is 9.94. The van der Waals surface area contributed by atoms with Gasteiger partial charge in [0.25, 0.3) is 5.78 Å². The second-order valence-electron chi connectivity index (χ2n) is 8.29. The quantitative estimate of drug-likeness (QED) is 0.225. The van der Waals surface area contributed by atoms with Crippen LogP contribution in [0.15, 0.2) is 66.2 Å². The van der Waals surface area contributed by atoms with Gasteiger partial charge in [0.1, 0.15) is 17.3 Å². The first kappa shape index (κ1) is 21.6. The van der Waals surface area contributed by atoms with E-state index in [0.717, 1.165) is 16.0 Å². The van der Waals surface area contributed by atoms with Crippen molar-refractivity contribution in [2.45, 2.75) is 12.5 Å². The number of aliphatic hydroxyl groups is 1. The summed E-state index contributed by atoms with van der Waals surface area (Å²) in [7, 11) is 0. The lowest BCUT2D eigenvalue weighted by Gasteiger charge is -2.23. The highest BCUT2D eigenvalue weighted by atomic mass is 35.5. The van der Waals surface area contributed by atoms with Crippen molar-refractivity contribution in [2.24, 2.45) is 0 Å². The number of ketones is 1. The summed E-state index contributed by atoms with van der Waals surface area (Å²) in [4.78, 5) is 32.5. The Morgan fingerprint density at radius 3 is 2.69 bits per heavy atom. The number of nitrogens with zero attached hydrogens (tertiary/aromatic N) is 2.